The largest absolute Gasteiger partial charge is 0.507 e. The molecule has 0 spiro atoms. The molecule has 178 valence electrons. The van der Waals surface area contributed by atoms with Gasteiger partial charge in [-0.05, 0) is 61.4 Å². The normalized spacial score (nSPS) is 15.5. The Morgan fingerprint density at radius 2 is 1.97 bits per heavy atom. The average molecular weight is 461 g/mol. The summed E-state index contributed by atoms with van der Waals surface area (Å²) in [5.74, 6) is 1.96. The molecule has 0 radical (unpaired) electrons. The van der Waals surface area contributed by atoms with E-state index in [2.05, 4.69) is 10.2 Å². The van der Waals surface area contributed by atoms with Crippen LogP contribution < -0.4 is 15.0 Å². The van der Waals surface area contributed by atoms with Gasteiger partial charge in [0.05, 0.1) is 18.2 Å². The molecule has 7 heteroatoms. The van der Waals surface area contributed by atoms with E-state index < -0.39 is 0 Å². The van der Waals surface area contributed by atoms with Crippen molar-refractivity contribution < 1.29 is 18.9 Å². The van der Waals surface area contributed by atoms with Crippen molar-refractivity contribution in [3.05, 3.63) is 77.9 Å². The highest BCUT2D eigenvalue weighted by molar-refractivity contribution is 5.95. The summed E-state index contributed by atoms with van der Waals surface area (Å²) in [4.78, 5) is 24.6. The summed E-state index contributed by atoms with van der Waals surface area (Å²) >= 11 is 0. The molecule has 5 rings (SSSR count). The van der Waals surface area contributed by atoms with Gasteiger partial charge in [-0.25, -0.2) is 9.97 Å². The van der Waals surface area contributed by atoms with Crippen LogP contribution in [0.15, 0.2) is 66.7 Å². The molecule has 0 aliphatic carbocycles. The van der Waals surface area contributed by atoms with E-state index in [0.717, 1.165) is 35.2 Å². The average Bonchev–Trinajstić information content (AvgIpc) is 3.31. The molecule has 1 aliphatic heterocycles. The van der Waals surface area contributed by atoms with Gasteiger partial charge < -0.3 is 20.1 Å². The lowest BCUT2D eigenvalue weighted by Gasteiger charge is -2.21. The van der Waals surface area contributed by atoms with E-state index in [1.165, 1.54) is 0 Å². The van der Waals surface area contributed by atoms with Crippen LogP contribution >= 0.6 is 0 Å². The van der Waals surface area contributed by atoms with Crippen molar-refractivity contribution in [2.45, 2.75) is 19.4 Å². The molecule has 0 saturated carbocycles. The Hall–Kier alpha value is -4.13. The first-order valence-electron chi connectivity index (χ1n) is 11.3. The minimum absolute atomic E-state index is 0. The number of aromatic hydroxyl groups is 1. The standard InChI is InChI=1S/C27H26N4O3.3H2/c1-17-10-11-21-23(14-17)29-25(22-8-3-4-9-24(22)32)30-26(21)31-13-12-19(16-31)28-27(33)18-6-5-7-20(15-18)34-2;;;/h3-11,14-15,19,32H,12-13,16H2,1-2H3,(H,28,33);3*1H/t19-;;;/m1.../s1. The molecule has 1 aromatic heterocycles. The number of nitrogens with zero attached hydrogens (tertiary/aromatic N) is 3. The summed E-state index contributed by atoms with van der Waals surface area (Å²) < 4.78 is 5.23. The number of anilines is 1. The Morgan fingerprint density at radius 1 is 1.12 bits per heavy atom. The number of hydrogen-bond acceptors (Lipinski definition) is 6. The number of ether oxygens (including phenoxy) is 1. The first-order chi connectivity index (χ1) is 16.5. The number of phenolic OH excluding ortho intramolecular Hbond substituents is 1. The van der Waals surface area contributed by atoms with Crippen LogP contribution in [0.2, 0.25) is 0 Å². The zero-order valence-electron chi connectivity index (χ0n) is 19.2. The third-order valence-electron chi connectivity index (χ3n) is 6.13. The van der Waals surface area contributed by atoms with Crippen LogP contribution in [0.25, 0.3) is 22.3 Å². The topological polar surface area (TPSA) is 87.6 Å². The van der Waals surface area contributed by atoms with Gasteiger partial charge in [-0.2, -0.15) is 0 Å². The molecule has 1 amide bonds. The number of carbonyl (C=O) groups is 1. The third-order valence-corrected chi connectivity index (χ3v) is 6.13. The minimum atomic E-state index is -0.121. The Labute approximate surface area is 202 Å². The second kappa shape index (κ2) is 9.02. The van der Waals surface area contributed by atoms with E-state index in [4.69, 9.17) is 14.7 Å². The van der Waals surface area contributed by atoms with Crippen LogP contribution in [-0.2, 0) is 0 Å². The molecular weight excluding hydrogens is 428 g/mol. The Bertz CT molecular complexity index is 1390. The second-order valence-electron chi connectivity index (χ2n) is 8.55. The molecule has 0 unspecified atom stereocenters. The molecule has 3 aromatic carbocycles. The highest BCUT2D eigenvalue weighted by Gasteiger charge is 2.27. The van der Waals surface area contributed by atoms with Crippen LogP contribution in [0.5, 0.6) is 11.5 Å². The van der Waals surface area contributed by atoms with E-state index in [0.29, 0.717) is 29.2 Å². The van der Waals surface area contributed by atoms with Crippen molar-refractivity contribution in [2.24, 2.45) is 0 Å². The van der Waals surface area contributed by atoms with Gasteiger partial charge in [0.25, 0.3) is 5.91 Å². The molecular formula is C27H32N4O3. The number of rotatable bonds is 5. The van der Waals surface area contributed by atoms with Crippen LogP contribution in [0.3, 0.4) is 0 Å². The van der Waals surface area contributed by atoms with Crippen molar-refractivity contribution in [1.29, 1.82) is 0 Å². The maximum Gasteiger partial charge on any atom is 0.251 e. The van der Waals surface area contributed by atoms with E-state index in [-0.39, 0.29) is 22.0 Å². The monoisotopic (exact) mass is 460 g/mol. The number of aryl methyl sites for hydroxylation is 1. The molecule has 1 atom stereocenters. The molecule has 7 nitrogen and oxygen atoms in total. The number of methoxy groups -OCH3 is 1. The minimum Gasteiger partial charge on any atom is -0.507 e. The third kappa shape index (κ3) is 4.24. The Morgan fingerprint density at radius 3 is 2.79 bits per heavy atom. The number of amides is 1. The number of hydrogen-bond donors (Lipinski definition) is 2. The smallest absolute Gasteiger partial charge is 0.251 e. The van der Waals surface area contributed by atoms with Crippen molar-refractivity contribution in [2.75, 3.05) is 25.1 Å². The summed E-state index contributed by atoms with van der Waals surface area (Å²) in [5.41, 5.74) is 3.09. The van der Waals surface area contributed by atoms with Gasteiger partial charge >= 0.3 is 0 Å². The number of carbonyl (C=O) groups excluding carboxylic acids is 1. The SMILES string of the molecule is COc1cccc(C(=O)N[C@@H]2CCN(c3nc(-c4ccccc4O)nc4cc(C)ccc34)C2)c1.[HH].[HH].[HH]. The lowest BCUT2D eigenvalue weighted by molar-refractivity contribution is 0.0940. The van der Waals surface area contributed by atoms with Gasteiger partial charge in [-0.15, -0.1) is 0 Å². The molecule has 1 aliphatic rings. The van der Waals surface area contributed by atoms with Crippen LogP contribution in [0.4, 0.5) is 5.82 Å². The lowest BCUT2D eigenvalue weighted by atomic mass is 10.1. The second-order valence-corrected chi connectivity index (χ2v) is 8.55. The van der Waals surface area contributed by atoms with E-state index in [9.17, 15) is 9.90 Å². The highest BCUT2D eigenvalue weighted by atomic mass is 16.5. The molecule has 2 N–H and O–H groups in total. The van der Waals surface area contributed by atoms with Crippen LogP contribution in [0, 0.1) is 6.92 Å². The van der Waals surface area contributed by atoms with E-state index in [1.807, 2.05) is 49.4 Å². The Balaban J connectivity index is 0.00000160. The lowest BCUT2D eigenvalue weighted by Crippen LogP contribution is -2.37. The van der Waals surface area contributed by atoms with Gasteiger partial charge in [-0.1, -0.05) is 24.3 Å². The van der Waals surface area contributed by atoms with Gasteiger partial charge in [0.1, 0.15) is 17.3 Å². The summed E-state index contributed by atoms with van der Waals surface area (Å²) in [6.07, 6.45) is 0.805. The number of phenols is 1. The molecule has 1 saturated heterocycles. The number of aromatic nitrogens is 2. The predicted octanol–water partition coefficient (Wildman–Crippen LogP) is 5.07. The van der Waals surface area contributed by atoms with Crippen molar-refractivity contribution >= 4 is 22.6 Å². The van der Waals surface area contributed by atoms with Gasteiger partial charge in [0.15, 0.2) is 5.82 Å². The van der Waals surface area contributed by atoms with Crippen LogP contribution in [0.1, 0.15) is 26.6 Å². The quantitative estimate of drug-likeness (QED) is 0.433. The fraction of sp³-hybridized carbons (Fsp3) is 0.222. The first-order valence-corrected chi connectivity index (χ1v) is 11.3. The van der Waals surface area contributed by atoms with Crippen molar-refractivity contribution in [3.8, 4) is 22.9 Å². The fourth-order valence-corrected chi connectivity index (χ4v) is 4.35. The Kier molecular flexibility index (Phi) is 5.76. The van der Waals surface area contributed by atoms with E-state index >= 15 is 0 Å². The van der Waals surface area contributed by atoms with E-state index in [1.54, 1.807) is 31.4 Å². The summed E-state index contributed by atoms with van der Waals surface area (Å²) in [6, 6.07) is 20.3. The molecule has 2 heterocycles. The fourth-order valence-electron chi connectivity index (χ4n) is 4.35. The summed E-state index contributed by atoms with van der Waals surface area (Å²) in [6.45, 7) is 3.42. The number of fused-ring (bicyclic) bond motifs is 1. The van der Waals surface area contributed by atoms with Gasteiger partial charge in [0.2, 0.25) is 0 Å². The molecule has 0 bridgehead atoms. The summed E-state index contributed by atoms with van der Waals surface area (Å²) in [5, 5.41) is 14.5. The number of benzene rings is 3. The van der Waals surface area contributed by atoms with Gasteiger partial charge in [-0.3, -0.25) is 4.79 Å². The summed E-state index contributed by atoms with van der Waals surface area (Å²) in [7, 11) is 1.59. The first kappa shape index (κ1) is 21.7. The molecule has 34 heavy (non-hydrogen) atoms. The van der Waals surface area contributed by atoms with Gasteiger partial charge in [0, 0.05) is 34.4 Å². The van der Waals surface area contributed by atoms with Crippen molar-refractivity contribution in [1.82, 2.24) is 15.3 Å². The zero-order valence-corrected chi connectivity index (χ0v) is 19.2. The maximum atomic E-state index is 12.8. The molecule has 4 aromatic rings. The molecule has 1 fully saturated rings. The number of para-hydroxylation sites is 1. The van der Waals surface area contributed by atoms with Crippen LogP contribution in [-0.4, -0.2) is 47.2 Å². The predicted molar refractivity (Wildman–Crippen MR) is 139 cm³/mol. The van der Waals surface area contributed by atoms with Crippen molar-refractivity contribution in [3.63, 3.8) is 0 Å². The number of nitrogens with one attached hydrogen (secondary N) is 1. The zero-order chi connectivity index (χ0) is 23.7. The maximum absolute atomic E-state index is 12.8. The highest BCUT2D eigenvalue weighted by Crippen LogP contribution is 2.33.